The molecule has 0 saturated carbocycles. The number of aromatic nitrogens is 4. The lowest BCUT2D eigenvalue weighted by Gasteiger charge is -2.17. The van der Waals surface area contributed by atoms with E-state index in [0.717, 1.165) is 60.9 Å². The SMILES string of the molecule is C1=c2ccccc2=CC2c3c(cc(-c4cccc5c4oc4ccccc45)nc3-c3nc(-c4ccccc4)nc(-c4ccccc4)n3)OC12. The molecule has 0 radical (unpaired) electrons. The van der Waals surface area contributed by atoms with Gasteiger partial charge in [-0.1, -0.05) is 121 Å². The summed E-state index contributed by atoms with van der Waals surface area (Å²) in [5.74, 6) is 2.36. The number of pyridine rings is 1. The molecule has 10 rings (SSSR count). The van der Waals surface area contributed by atoms with Crippen LogP contribution >= 0.6 is 0 Å². The first kappa shape index (κ1) is 26.8. The van der Waals surface area contributed by atoms with E-state index in [1.807, 2.05) is 84.9 Å². The Balaban J connectivity index is 1.26. The number of ether oxygens (including phenoxy) is 1. The maximum Gasteiger partial charge on any atom is 0.182 e. The summed E-state index contributed by atoms with van der Waals surface area (Å²) in [6.45, 7) is 0. The van der Waals surface area contributed by atoms with E-state index in [-0.39, 0.29) is 12.0 Å². The predicted molar refractivity (Wildman–Crippen MR) is 188 cm³/mol. The second kappa shape index (κ2) is 10.6. The van der Waals surface area contributed by atoms with E-state index in [1.54, 1.807) is 0 Å². The van der Waals surface area contributed by atoms with E-state index in [1.165, 1.54) is 5.22 Å². The minimum absolute atomic E-state index is 0.0643. The lowest BCUT2D eigenvalue weighted by molar-refractivity contribution is 0.288. The minimum Gasteiger partial charge on any atom is -0.485 e. The van der Waals surface area contributed by atoms with Crippen molar-refractivity contribution < 1.29 is 9.15 Å². The zero-order valence-corrected chi connectivity index (χ0v) is 25.6. The number of benzene rings is 5. The van der Waals surface area contributed by atoms with Gasteiger partial charge in [0.2, 0.25) is 0 Å². The zero-order valence-electron chi connectivity index (χ0n) is 25.6. The van der Waals surface area contributed by atoms with E-state index in [2.05, 4.69) is 60.7 Å². The van der Waals surface area contributed by atoms with Gasteiger partial charge < -0.3 is 9.15 Å². The Morgan fingerprint density at radius 2 is 1.15 bits per heavy atom. The molecule has 5 aromatic carbocycles. The van der Waals surface area contributed by atoms with Gasteiger partial charge in [0, 0.05) is 45.0 Å². The fourth-order valence-corrected chi connectivity index (χ4v) is 7.01. The molecule has 2 atom stereocenters. The van der Waals surface area contributed by atoms with Crippen LogP contribution in [0.1, 0.15) is 11.5 Å². The van der Waals surface area contributed by atoms with Crippen LogP contribution < -0.4 is 15.2 Å². The Morgan fingerprint density at radius 3 is 1.90 bits per heavy atom. The second-order valence-electron chi connectivity index (χ2n) is 12.2. The highest BCUT2D eigenvalue weighted by atomic mass is 16.5. The summed E-state index contributed by atoms with van der Waals surface area (Å²) >= 11 is 0. The molecule has 8 aromatic rings. The Morgan fingerprint density at radius 1 is 0.521 bits per heavy atom. The van der Waals surface area contributed by atoms with Gasteiger partial charge in [-0.15, -0.1) is 0 Å². The molecule has 2 unspecified atom stereocenters. The highest BCUT2D eigenvalue weighted by Gasteiger charge is 2.38. The summed E-state index contributed by atoms with van der Waals surface area (Å²) in [4.78, 5) is 20.5. The van der Waals surface area contributed by atoms with Crippen LogP contribution in [-0.2, 0) is 0 Å². The largest absolute Gasteiger partial charge is 0.485 e. The Kier molecular flexibility index (Phi) is 5.90. The highest BCUT2D eigenvalue weighted by Crippen LogP contribution is 2.47. The van der Waals surface area contributed by atoms with Crippen LogP contribution in [0.5, 0.6) is 5.75 Å². The van der Waals surface area contributed by atoms with Crippen LogP contribution in [0.4, 0.5) is 0 Å². The van der Waals surface area contributed by atoms with Crippen molar-refractivity contribution in [3.8, 4) is 51.3 Å². The van der Waals surface area contributed by atoms with Gasteiger partial charge in [0.25, 0.3) is 0 Å². The van der Waals surface area contributed by atoms with E-state index >= 15 is 0 Å². The van der Waals surface area contributed by atoms with Gasteiger partial charge in [-0.3, -0.25) is 0 Å². The number of nitrogens with zero attached hydrogens (tertiary/aromatic N) is 4. The van der Waals surface area contributed by atoms with Gasteiger partial charge in [0.05, 0.1) is 5.69 Å². The molecule has 0 N–H and O–H groups in total. The van der Waals surface area contributed by atoms with Gasteiger partial charge in [0.15, 0.2) is 17.5 Å². The maximum absolute atomic E-state index is 6.76. The molecule has 0 bridgehead atoms. The van der Waals surface area contributed by atoms with E-state index in [4.69, 9.17) is 29.1 Å². The van der Waals surface area contributed by atoms with E-state index in [0.29, 0.717) is 23.2 Å². The third-order valence-corrected chi connectivity index (χ3v) is 9.26. The molecule has 48 heavy (non-hydrogen) atoms. The Labute approximate surface area is 275 Å². The Hall–Kier alpha value is -6.40. The molecule has 1 aliphatic heterocycles. The van der Waals surface area contributed by atoms with Crippen molar-refractivity contribution in [2.45, 2.75) is 12.0 Å². The monoisotopic (exact) mass is 618 g/mol. The normalized spacial score (nSPS) is 16.0. The molecule has 3 aromatic heterocycles. The summed E-state index contributed by atoms with van der Waals surface area (Å²) in [5.41, 5.74) is 6.67. The smallest absolute Gasteiger partial charge is 0.182 e. The van der Waals surface area contributed by atoms with E-state index < -0.39 is 0 Å². The van der Waals surface area contributed by atoms with Gasteiger partial charge in [-0.2, -0.15) is 0 Å². The quantitative estimate of drug-likeness (QED) is 0.199. The molecular formula is C42H26N4O2. The van der Waals surface area contributed by atoms with Crippen molar-refractivity contribution in [2.75, 3.05) is 0 Å². The van der Waals surface area contributed by atoms with Crippen LogP contribution in [0.3, 0.4) is 0 Å². The van der Waals surface area contributed by atoms with Gasteiger partial charge in [-0.05, 0) is 28.6 Å². The lowest BCUT2D eigenvalue weighted by atomic mass is 9.88. The van der Waals surface area contributed by atoms with Crippen LogP contribution in [0, 0.1) is 0 Å². The molecule has 1 aliphatic carbocycles. The van der Waals surface area contributed by atoms with Crippen molar-refractivity contribution in [3.05, 3.63) is 149 Å². The first-order chi connectivity index (χ1) is 23.8. The van der Waals surface area contributed by atoms with Crippen molar-refractivity contribution >= 4 is 34.1 Å². The molecule has 0 fully saturated rings. The van der Waals surface area contributed by atoms with Crippen LogP contribution in [0.2, 0.25) is 0 Å². The third kappa shape index (κ3) is 4.27. The molecule has 0 amide bonds. The number of rotatable bonds is 4. The first-order valence-corrected chi connectivity index (χ1v) is 16.1. The van der Waals surface area contributed by atoms with Crippen molar-refractivity contribution in [2.24, 2.45) is 0 Å². The number of hydrogen-bond acceptors (Lipinski definition) is 6. The summed E-state index contributed by atoms with van der Waals surface area (Å²) in [5, 5.41) is 4.43. The first-order valence-electron chi connectivity index (χ1n) is 16.1. The predicted octanol–water partition coefficient (Wildman–Crippen LogP) is 7.95. The van der Waals surface area contributed by atoms with Gasteiger partial charge >= 0.3 is 0 Å². The number of furan rings is 1. The number of fused-ring (bicyclic) bond motifs is 7. The molecule has 0 saturated heterocycles. The molecule has 6 heteroatoms. The highest BCUT2D eigenvalue weighted by molar-refractivity contribution is 6.09. The summed E-state index contributed by atoms with van der Waals surface area (Å²) in [6, 6.07) is 44.8. The van der Waals surface area contributed by atoms with E-state index in [9.17, 15) is 0 Å². The van der Waals surface area contributed by atoms with Gasteiger partial charge in [-0.25, -0.2) is 19.9 Å². The van der Waals surface area contributed by atoms with Crippen LogP contribution in [0.25, 0.3) is 79.6 Å². The van der Waals surface area contributed by atoms with Crippen molar-refractivity contribution in [1.82, 2.24) is 19.9 Å². The minimum atomic E-state index is -0.184. The fourth-order valence-electron chi connectivity index (χ4n) is 7.01. The number of hydrogen-bond donors (Lipinski definition) is 0. The molecule has 226 valence electrons. The molecule has 6 nitrogen and oxygen atoms in total. The summed E-state index contributed by atoms with van der Waals surface area (Å²) < 4.78 is 13.2. The lowest BCUT2D eigenvalue weighted by Crippen LogP contribution is -2.34. The molecule has 0 spiro atoms. The molecular weight excluding hydrogens is 592 g/mol. The fraction of sp³-hybridized carbons (Fsp3) is 0.0476. The molecule has 2 aliphatic rings. The average molecular weight is 619 g/mol. The number of para-hydroxylation sites is 2. The average Bonchev–Trinajstić information content (AvgIpc) is 3.72. The zero-order chi connectivity index (χ0) is 31.6. The third-order valence-electron chi connectivity index (χ3n) is 9.26. The van der Waals surface area contributed by atoms with Crippen molar-refractivity contribution in [1.29, 1.82) is 0 Å². The van der Waals surface area contributed by atoms with Gasteiger partial charge in [0.1, 0.15) is 28.7 Å². The van der Waals surface area contributed by atoms with Crippen LogP contribution in [0.15, 0.2) is 138 Å². The van der Waals surface area contributed by atoms with Crippen molar-refractivity contribution in [3.63, 3.8) is 0 Å². The Bertz CT molecular complexity index is 2610. The summed E-state index contributed by atoms with van der Waals surface area (Å²) in [7, 11) is 0. The topological polar surface area (TPSA) is 73.9 Å². The second-order valence-corrected chi connectivity index (χ2v) is 12.2. The molecule has 4 heterocycles. The maximum atomic E-state index is 6.76. The van der Waals surface area contributed by atoms with Crippen LogP contribution in [-0.4, -0.2) is 26.0 Å². The summed E-state index contributed by atoms with van der Waals surface area (Å²) in [6.07, 6.45) is 4.31. The standard InChI is InChI=1S/C42H26N4O2/c1-3-12-25(13-4-1)40-44-41(26-14-5-2-6-15-26)46-42(45-40)38-37-32-22-27-16-7-8-17-28(27)23-35(32)47-36(37)24-33(43-38)31-20-11-19-30-29-18-9-10-21-34(29)48-39(30)31/h1-24,32,35H.